The molecule has 2 bridgehead atoms. The molecular formula is C20H25NO2. The summed E-state index contributed by atoms with van der Waals surface area (Å²) >= 11 is 0. The van der Waals surface area contributed by atoms with Gasteiger partial charge in [-0.1, -0.05) is 12.1 Å². The molecule has 4 aliphatic rings. The van der Waals surface area contributed by atoms with Crippen LogP contribution in [0.5, 0.6) is 5.75 Å². The number of ketones is 1. The van der Waals surface area contributed by atoms with Crippen LogP contribution in [-0.2, 0) is 16.6 Å². The molecular weight excluding hydrogens is 286 g/mol. The second-order valence-corrected chi connectivity index (χ2v) is 8.29. The Hall–Kier alpha value is -1.35. The summed E-state index contributed by atoms with van der Waals surface area (Å²) in [5.74, 6) is 2.29. The second kappa shape index (κ2) is 4.83. The van der Waals surface area contributed by atoms with Crippen LogP contribution in [0.3, 0.4) is 0 Å². The number of carbonyl (C=O) groups excluding carboxylic acids is 1. The smallest absolute Gasteiger partial charge is 0.133 e. The zero-order chi connectivity index (χ0) is 15.6. The van der Waals surface area contributed by atoms with Crippen LogP contribution in [0.25, 0.3) is 0 Å². The van der Waals surface area contributed by atoms with Crippen molar-refractivity contribution in [1.82, 2.24) is 4.90 Å². The van der Waals surface area contributed by atoms with Gasteiger partial charge in [0.05, 0.1) is 0 Å². The highest BCUT2D eigenvalue weighted by atomic mass is 16.3. The molecule has 5 rings (SSSR count). The molecule has 3 nitrogen and oxygen atoms in total. The zero-order valence-electron chi connectivity index (χ0n) is 13.6. The first-order valence-electron chi connectivity index (χ1n) is 9.24. The van der Waals surface area contributed by atoms with E-state index in [4.69, 9.17) is 0 Å². The van der Waals surface area contributed by atoms with Gasteiger partial charge in [-0.25, -0.2) is 0 Å². The summed E-state index contributed by atoms with van der Waals surface area (Å²) in [4.78, 5) is 15.0. The van der Waals surface area contributed by atoms with Crippen LogP contribution in [0.15, 0.2) is 18.2 Å². The molecule has 1 N–H and O–H groups in total. The van der Waals surface area contributed by atoms with E-state index in [1.807, 2.05) is 12.1 Å². The molecule has 0 aromatic heterocycles. The Balaban J connectivity index is 1.62. The van der Waals surface area contributed by atoms with Crippen LogP contribution in [0.1, 0.15) is 49.7 Å². The fourth-order valence-corrected chi connectivity index (χ4v) is 5.85. The Bertz CT molecular complexity index is 666. The number of piperidine rings is 1. The molecule has 1 heterocycles. The van der Waals surface area contributed by atoms with Gasteiger partial charge >= 0.3 is 0 Å². The van der Waals surface area contributed by atoms with E-state index in [0.717, 1.165) is 43.7 Å². The van der Waals surface area contributed by atoms with Gasteiger partial charge in [0.1, 0.15) is 11.5 Å². The van der Waals surface area contributed by atoms with Crippen LogP contribution in [0.2, 0.25) is 0 Å². The van der Waals surface area contributed by atoms with Gasteiger partial charge in [0.25, 0.3) is 0 Å². The first kappa shape index (κ1) is 14.0. The molecule has 122 valence electrons. The Morgan fingerprint density at radius 1 is 1.26 bits per heavy atom. The molecule has 0 amide bonds. The number of carbonyl (C=O) groups is 1. The average Bonchev–Trinajstić information content (AvgIpc) is 3.33. The van der Waals surface area contributed by atoms with Crippen molar-refractivity contribution in [3.8, 4) is 5.75 Å². The number of benzene rings is 1. The van der Waals surface area contributed by atoms with E-state index in [1.165, 1.54) is 24.9 Å². The van der Waals surface area contributed by atoms with E-state index in [-0.39, 0.29) is 5.41 Å². The van der Waals surface area contributed by atoms with Crippen molar-refractivity contribution in [3.63, 3.8) is 0 Å². The van der Waals surface area contributed by atoms with Crippen LogP contribution in [-0.4, -0.2) is 34.9 Å². The summed E-state index contributed by atoms with van der Waals surface area (Å²) in [6.07, 6.45) is 7.29. The van der Waals surface area contributed by atoms with Crippen molar-refractivity contribution < 1.29 is 9.90 Å². The van der Waals surface area contributed by atoms with Crippen LogP contribution < -0.4 is 0 Å². The van der Waals surface area contributed by atoms with Crippen molar-refractivity contribution in [2.45, 2.75) is 56.4 Å². The predicted molar refractivity (Wildman–Crippen MR) is 88.5 cm³/mol. The van der Waals surface area contributed by atoms with Crippen molar-refractivity contribution in [3.05, 3.63) is 29.3 Å². The van der Waals surface area contributed by atoms with Crippen LogP contribution in [0.4, 0.5) is 0 Å². The van der Waals surface area contributed by atoms with Crippen LogP contribution >= 0.6 is 0 Å². The lowest BCUT2D eigenvalue weighted by atomic mass is 9.52. The standard InChI is InChI=1S/C20H25NO2/c22-15-6-7-16-17-10-14-2-1-3-18(23)19(14)20(16,11-15)8-9-21(17)12-13-4-5-13/h1-3,13,16-17,23H,4-12H2/t16-,17+,20-/m0/s1. The van der Waals surface area contributed by atoms with Gasteiger partial charge in [0.2, 0.25) is 0 Å². The SMILES string of the molecule is O=C1CC[C@H]2[C@H]3Cc4cccc(O)c4[C@@]2(CCN3CC2CC2)C1. The van der Waals surface area contributed by atoms with Crippen molar-refractivity contribution >= 4 is 5.78 Å². The third kappa shape index (κ3) is 2.02. The number of aromatic hydroxyl groups is 1. The minimum atomic E-state index is -0.0843. The molecule has 3 fully saturated rings. The van der Waals surface area contributed by atoms with Crippen molar-refractivity contribution in [2.24, 2.45) is 11.8 Å². The molecule has 1 aliphatic heterocycles. The number of hydrogen-bond donors (Lipinski definition) is 1. The number of likely N-dealkylation sites (tertiary alicyclic amines) is 1. The zero-order valence-corrected chi connectivity index (χ0v) is 13.6. The monoisotopic (exact) mass is 311 g/mol. The lowest BCUT2D eigenvalue weighted by molar-refractivity contribution is -0.127. The maximum atomic E-state index is 12.3. The first-order chi connectivity index (χ1) is 11.2. The summed E-state index contributed by atoms with van der Waals surface area (Å²) in [6, 6.07) is 6.55. The third-order valence-electron chi connectivity index (χ3n) is 6.98. The maximum Gasteiger partial charge on any atom is 0.133 e. The number of nitrogens with zero attached hydrogens (tertiary/aromatic N) is 1. The van der Waals surface area contributed by atoms with Crippen molar-refractivity contribution in [2.75, 3.05) is 13.1 Å². The molecule has 23 heavy (non-hydrogen) atoms. The van der Waals surface area contributed by atoms with Gasteiger partial charge in [-0.15, -0.1) is 0 Å². The minimum absolute atomic E-state index is 0.0843. The van der Waals surface area contributed by atoms with Gasteiger partial charge in [-0.2, -0.15) is 0 Å². The van der Waals surface area contributed by atoms with E-state index in [0.29, 0.717) is 29.9 Å². The fraction of sp³-hybridized carbons (Fsp3) is 0.650. The van der Waals surface area contributed by atoms with E-state index in [2.05, 4.69) is 11.0 Å². The molecule has 1 aromatic carbocycles. The second-order valence-electron chi connectivity index (χ2n) is 8.29. The highest BCUT2D eigenvalue weighted by Gasteiger charge is 2.56. The van der Waals surface area contributed by atoms with E-state index in [1.54, 1.807) is 0 Å². The predicted octanol–water partition coefficient (Wildman–Crippen LogP) is 3.04. The topological polar surface area (TPSA) is 40.5 Å². The number of Topliss-reactive ketones (excluding diaryl/α,β-unsaturated/α-hetero) is 1. The summed E-state index contributed by atoms with van der Waals surface area (Å²) in [6.45, 7) is 2.35. The number of rotatable bonds is 2. The quantitative estimate of drug-likeness (QED) is 0.912. The van der Waals surface area contributed by atoms with Gasteiger partial charge in [-0.05, 0) is 62.1 Å². The number of hydrogen-bond acceptors (Lipinski definition) is 3. The van der Waals surface area contributed by atoms with E-state index >= 15 is 0 Å². The molecule has 0 radical (unpaired) electrons. The fourth-order valence-electron chi connectivity index (χ4n) is 5.85. The Kier molecular flexibility index (Phi) is 2.94. The van der Waals surface area contributed by atoms with Gasteiger partial charge < -0.3 is 5.11 Å². The Labute approximate surface area is 137 Å². The first-order valence-corrected chi connectivity index (χ1v) is 9.24. The molecule has 0 spiro atoms. The maximum absolute atomic E-state index is 12.3. The number of fused-ring (bicyclic) bond motifs is 1. The molecule has 3 aliphatic carbocycles. The molecule has 1 aromatic rings. The average molecular weight is 311 g/mol. The summed E-state index contributed by atoms with van der Waals surface area (Å²) in [5.41, 5.74) is 2.33. The lowest BCUT2D eigenvalue weighted by Gasteiger charge is -2.58. The number of phenolic OH excluding ortho intramolecular Hbond substituents is 1. The van der Waals surface area contributed by atoms with E-state index in [9.17, 15) is 9.90 Å². The summed E-state index contributed by atoms with van der Waals surface area (Å²) in [5, 5.41) is 10.6. The van der Waals surface area contributed by atoms with Crippen molar-refractivity contribution in [1.29, 1.82) is 0 Å². The molecule has 3 heteroatoms. The molecule has 1 saturated heterocycles. The lowest BCUT2D eigenvalue weighted by Crippen LogP contribution is -2.62. The summed E-state index contributed by atoms with van der Waals surface area (Å²) < 4.78 is 0. The largest absolute Gasteiger partial charge is 0.508 e. The minimum Gasteiger partial charge on any atom is -0.508 e. The third-order valence-corrected chi connectivity index (χ3v) is 6.98. The molecule has 3 atom stereocenters. The van der Waals surface area contributed by atoms with E-state index < -0.39 is 0 Å². The van der Waals surface area contributed by atoms with Gasteiger partial charge in [0, 0.05) is 36.4 Å². The highest BCUT2D eigenvalue weighted by molar-refractivity contribution is 5.82. The van der Waals surface area contributed by atoms with Gasteiger partial charge in [-0.3, -0.25) is 9.69 Å². The highest BCUT2D eigenvalue weighted by Crippen LogP contribution is 2.57. The molecule has 2 saturated carbocycles. The van der Waals surface area contributed by atoms with Gasteiger partial charge in [0.15, 0.2) is 0 Å². The normalized spacial score (nSPS) is 36.4. The van der Waals surface area contributed by atoms with Crippen LogP contribution in [0, 0.1) is 11.8 Å². The Morgan fingerprint density at radius 3 is 2.96 bits per heavy atom. The Morgan fingerprint density at radius 2 is 2.13 bits per heavy atom. The number of phenols is 1. The molecule has 0 unspecified atom stereocenters. The summed E-state index contributed by atoms with van der Waals surface area (Å²) in [7, 11) is 0.